The third kappa shape index (κ3) is 5.10. The molecular weight excluding hydrogens is 360 g/mol. The molecule has 0 unspecified atom stereocenters. The molecule has 0 spiro atoms. The molecule has 0 saturated heterocycles. The Morgan fingerprint density at radius 3 is 2.32 bits per heavy atom. The summed E-state index contributed by atoms with van der Waals surface area (Å²) in [6.07, 6.45) is 12.3. The van der Waals surface area contributed by atoms with Crippen molar-refractivity contribution >= 4 is 12.6 Å². The van der Waals surface area contributed by atoms with Gasteiger partial charge in [-0.25, -0.2) is 4.68 Å². The summed E-state index contributed by atoms with van der Waals surface area (Å²) in [7, 11) is 0. The molecule has 0 aliphatic heterocycles. The zero-order valence-electron chi connectivity index (χ0n) is 14.9. The maximum Gasteiger partial charge on any atom is 0.162 e. The second kappa shape index (κ2) is 9.21. The minimum absolute atomic E-state index is 0.194. The largest absolute Gasteiger partial charge is 0.302 e. The van der Waals surface area contributed by atoms with Crippen molar-refractivity contribution in [3.05, 3.63) is 72.9 Å². The fraction of sp³-hybridized carbons (Fsp3) is 0.222. The number of tetrazole rings is 2. The van der Waals surface area contributed by atoms with Gasteiger partial charge in [0.2, 0.25) is 0 Å². The molecule has 0 fully saturated rings. The summed E-state index contributed by atoms with van der Waals surface area (Å²) in [6.45, 7) is 1.02. The summed E-state index contributed by atoms with van der Waals surface area (Å²) >= 11 is 0. The summed E-state index contributed by atoms with van der Waals surface area (Å²) < 4.78 is 1.63. The van der Waals surface area contributed by atoms with Gasteiger partial charge in [0.25, 0.3) is 0 Å². The van der Waals surface area contributed by atoms with Crippen LogP contribution in [0.2, 0.25) is 0 Å². The van der Waals surface area contributed by atoms with Crippen LogP contribution in [0.3, 0.4) is 0 Å². The first-order chi connectivity index (χ1) is 13.7. The molecule has 1 aliphatic rings. The van der Waals surface area contributed by atoms with Gasteiger partial charge in [-0.3, -0.25) is 4.79 Å². The highest BCUT2D eigenvalue weighted by molar-refractivity contribution is 5.74. The van der Waals surface area contributed by atoms with Gasteiger partial charge >= 0.3 is 0 Å². The molecular formula is C18H18N8O2. The van der Waals surface area contributed by atoms with Crippen LogP contribution in [0.4, 0.5) is 0 Å². The Morgan fingerprint density at radius 2 is 1.79 bits per heavy atom. The van der Waals surface area contributed by atoms with E-state index in [2.05, 4.69) is 30.9 Å². The Balaban J connectivity index is 0.000000236. The van der Waals surface area contributed by atoms with E-state index in [0.29, 0.717) is 13.1 Å². The fourth-order valence-corrected chi connectivity index (χ4v) is 2.69. The topological polar surface area (TPSA) is 121 Å². The number of benzene rings is 1. The molecule has 0 atom stereocenters. The molecule has 0 bridgehead atoms. The van der Waals surface area contributed by atoms with Crippen molar-refractivity contribution in [3.63, 3.8) is 0 Å². The zero-order chi connectivity index (χ0) is 19.7. The molecule has 28 heavy (non-hydrogen) atoms. The van der Waals surface area contributed by atoms with E-state index in [-0.39, 0.29) is 5.92 Å². The number of carbonyl (C=O) groups excluding carboxylic acids is 2. The van der Waals surface area contributed by atoms with E-state index in [4.69, 9.17) is 0 Å². The van der Waals surface area contributed by atoms with Crippen LogP contribution in [-0.4, -0.2) is 53.0 Å². The summed E-state index contributed by atoms with van der Waals surface area (Å²) in [5, 5.41) is 22.7. The van der Waals surface area contributed by atoms with Crippen molar-refractivity contribution in [1.82, 2.24) is 40.4 Å². The smallest absolute Gasteiger partial charge is 0.162 e. The number of carbonyl (C=O) groups is 2. The Labute approximate surface area is 160 Å². The average molecular weight is 378 g/mol. The molecule has 0 radical (unpaired) electrons. The molecule has 0 N–H and O–H groups in total. The lowest BCUT2D eigenvalue weighted by Crippen LogP contribution is -2.31. The summed E-state index contributed by atoms with van der Waals surface area (Å²) in [5.41, 5.74) is 0.336. The predicted molar refractivity (Wildman–Crippen MR) is 97.7 cm³/mol. The van der Waals surface area contributed by atoms with Crippen molar-refractivity contribution in [2.45, 2.75) is 13.1 Å². The van der Waals surface area contributed by atoms with Gasteiger partial charge in [0, 0.05) is 11.0 Å². The summed E-state index contributed by atoms with van der Waals surface area (Å²) in [4.78, 5) is 22.3. The molecule has 0 amide bonds. The van der Waals surface area contributed by atoms with Gasteiger partial charge in [-0.2, -0.15) is 4.80 Å². The predicted octanol–water partition coefficient (Wildman–Crippen LogP) is 0.786. The molecule has 142 valence electrons. The Bertz CT molecular complexity index is 868. The second-order valence-electron chi connectivity index (χ2n) is 6.17. The van der Waals surface area contributed by atoms with Crippen LogP contribution in [0.25, 0.3) is 0 Å². The standard InChI is InChI=1S/C11H12N8O.C7H6O/c20-5-10-1-3-11(4-2-10,6-18-9-13-15-17-18)7-19-14-8-12-16-19;8-6-7-4-2-1-3-5-7/h1-5,8-10H,6-7H2;1-6H. The number of aldehydes is 2. The number of allylic oxidation sites excluding steroid dienone is 4. The van der Waals surface area contributed by atoms with Crippen molar-refractivity contribution in [1.29, 1.82) is 0 Å². The van der Waals surface area contributed by atoms with Gasteiger partial charge < -0.3 is 4.79 Å². The van der Waals surface area contributed by atoms with Crippen LogP contribution in [-0.2, 0) is 17.9 Å². The van der Waals surface area contributed by atoms with Gasteiger partial charge in [-0.05, 0) is 15.6 Å². The highest BCUT2D eigenvalue weighted by Gasteiger charge is 2.30. The lowest BCUT2D eigenvalue weighted by molar-refractivity contribution is -0.109. The highest BCUT2D eigenvalue weighted by Crippen LogP contribution is 2.30. The van der Waals surface area contributed by atoms with Gasteiger partial charge in [0.15, 0.2) is 6.33 Å². The second-order valence-corrected chi connectivity index (χ2v) is 6.17. The molecule has 4 rings (SSSR count). The van der Waals surface area contributed by atoms with Crippen LogP contribution >= 0.6 is 0 Å². The Kier molecular flexibility index (Phi) is 6.24. The number of aromatic nitrogens is 8. The summed E-state index contributed by atoms with van der Waals surface area (Å²) in [6, 6.07) is 9.10. The van der Waals surface area contributed by atoms with E-state index >= 15 is 0 Å². The molecule has 0 saturated carbocycles. The number of hydrogen-bond donors (Lipinski definition) is 0. The Morgan fingerprint density at radius 1 is 1.00 bits per heavy atom. The highest BCUT2D eigenvalue weighted by atomic mass is 16.1. The van der Waals surface area contributed by atoms with Gasteiger partial charge in [0.05, 0.1) is 19.0 Å². The zero-order valence-corrected chi connectivity index (χ0v) is 14.9. The minimum Gasteiger partial charge on any atom is -0.302 e. The van der Waals surface area contributed by atoms with E-state index in [0.717, 1.165) is 18.1 Å². The van der Waals surface area contributed by atoms with E-state index in [1.165, 1.54) is 11.1 Å². The third-order valence-corrected chi connectivity index (χ3v) is 4.07. The first-order valence-electron chi connectivity index (χ1n) is 8.49. The molecule has 2 heterocycles. The Hall–Kier alpha value is -3.82. The van der Waals surface area contributed by atoms with Gasteiger partial charge in [-0.15, -0.1) is 15.3 Å². The third-order valence-electron chi connectivity index (χ3n) is 4.07. The molecule has 1 aromatic carbocycles. The van der Waals surface area contributed by atoms with E-state index in [9.17, 15) is 9.59 Å². The van der Waals surface area contributed by atoms with Crippen LogP contribution in [0, 0.1) is 11.3 Å². The van der Waals surface area contributed by atoms with Crippen LogP contribution in [0.1, 0.15) is 10.4 Å². The molecule has 3 aromatic rings. The summed E-state index contributed by atoms with van der Waals surface area (Å²) in [5.74, 6) is -0.194. The molecule has 2 aromatic heterocycles. The van der Waals surface area contributed by atoms with Crippen LogP contribution in [0.15, 0.2) is 67.3 Å². The molecule has 10 heteroatoms. The fourth-order valence-electron chi connectivity index (χ4n) is 2.69. The van der Waals surface area contributed by atoms with Gasteiger partial charge in [0.1, 0.15) is 18.9 Å². The number of nitrogens with zero attached hydrogens (tertiary/aromatic N) is 8. The normalized spacial score (nSPS) is 20.2. The lowest BCUT2D eigenvalue weighted by atomic mass is 9.81. The monoisotopic (exact) mass is 378 g/mol. The molecule has 1 aliphatic carbocycles. The number of rotatable bonds is 6. The lowest BCUT2D eigenvalue weighted by Gasteiger charge is -2.28. The van der Waals surface area contributed by atoms with Gasteiger partial charge in [-0.1, -0.05) is 54.6 Å². The van der Waals surface area contributed by atoms with Crippen molar-refractivity contribution in [3.8, 4) is 0 Å². The number of hydrogen-bond acceptors (Lipinski definition) is 8. The maximum absolute atomic E-state index is 10.8. The van der Waals surface area contributed by atoms with E-state index in [1.54, 1.807) is 23.1 Å². The quantitative estimate of drug-likeness (QED) is 0.456. The maximum atomic E-state index is 10.8. The first kappa shape index (κ1) is 19.0. The van der Waals surface area contributed by atoms with E-state index in [1.807, 2.05) is 42.5 Å². The SMILES string of the molecule is O=CC1C=CC(Cn2cnnn2)(Cn2ncnn2)C=C1.O=Cc1ccccc1. The van der Waals surface area contributed by atoms with Crippen LogP contribution in [0.5, 0.6) is 0 Å². The average Bonchev–Trinajstić information content (AvgIpc) is 3.44. The minimum atomic E-state index is -0.393. The first-order valence-corrected chi connectivity index (χ1v) is 8.49. The van der Waals surface area contributed by atoms with Crippen molar-refractivity contribution < 1.29 is 9.59 Å². The van der Waals surface area contributed by atoms with Crippen molar-refractivity contribution in [2.75, 3.05) is 0 Å². The molecule has 10 nitrogen and oxygen atoms in total. The van der Waals surface area contributed by atoms with Crippen molar-refractivity contribution in [2.24, 2.45) is 11.3 Å². The van der Waals surface area contributed by atoms with E-state index < -0.39 is 5.41 Å². The van der Waals surface area contributed by atoms with Crippen LogP contribution < -0.4 is 0 Å².